The molecule has 3 rings (SSSR count). The number of hydrogen-bond acceptors (Lipinski definition) is 8. The molecular weight excluding hydrogens is 412 g/mol. The van der Waals surface area contributed by atoms with Crippen LogP contribution in [0.25, 0.3) is 10.2 Å². The van der Waals surface area contributed by atoms with Crippen molar-refractivity contribution in [3.63, 3.8) is 0 Å². The van der Waals surface area contributed by atoms with Crippen molar-refractivity contribution in [3.8, 4) is 5.75 Å². The van der Waals surface area contributed by atoms with Crippen LogP contribution in [-0.2, 0) is 4.79 Å². The number of hydrogen-bond donors (Lipinski definition) is 1. The number of carbonyl (C=O) groups excluding carboxylic acids is 1. The van der Waals surface area contributed by atoms with Gasteiger partial charge >= 0.3 is 5.69 Å². The van der Waals surface area contributed by atoms with Gasteiger partial charge in [0.2, 0.25) is 0 Å². The Hall–Kier alpha value is -2.98. The molecule has 2 aromatic carbocycles. The standard InChI is InChI=1S/C19H18N4O4S2/c1-2-9-27-16-8-7-13(10-15(16)23(25)26)11-20-22-18(24)12-28-19-21-14-5-3-4-6-17(14)29-19/h3-8,10-11H,2,9,12H2,1H3,(H,22,24)/b20-11-. The third-order valence-electron chi connectivity index (χ3n) is 3.65. The average molecular weight is 431 g/mol. The van der Waals surface area contributed by atoms with E-state index in [1.807, 2.05) is 31.2 Å². The number of amides is 1. The molecular formula is C19H18N4O4S2. The Morgan fingerprint density at radius 3 is 2.97 bits per heavy atom. The zero-order valence-electron chi connectivity index (χ0n) is 15.5. The van der Waals surface area contributed by atoms with Gasteiger partial charge in [-0.1, -0.05) is 30.8 Å². The Morgan fingerprint density at radius 1 is 1.38 bits per heavy atom. The Balaban J connectivity index is 1.55. The van der Waals surface area contributed by atoms with E-state index >= 15 is 0 Å². The minimum absolute atomic E-state index is 0.139. The summed E-state index contributed by atoms with van der Waals surface area (Å²) in [6.45, 7) is 2.32. The van der Waals surface area contributed by atoms with Gasteiger partial charge in [-0.3, -0.25) is 14.9 Å². The van der Waals surface area contributed by atoms with E-state index in [1.54, 1.807) is 6.07 Å². The van der Waals surface area contributed by atoms with Gasteiger partial charge in [-0.25, -0.2) is 10.4 Å². The lowest BCUT2D eigenvalue weighted by molar-refractivity contribution is -0.385. The van der Waals surface area contributed by atoms with Gasteiger partial charge < -0.3 is 4.74 Å². The van der Waals surface area contributed by atoms with Gasteiger partial charge in [-0.2, -0.15) is 5.10 Å². The van der Waals surface area contributed by atoms with Crippen molar-refractivity contribution in [2.24, 2.45) is 5.10 Å². The summed E-state index contributed by atoms with van der Waals surface area (Å²) in [5, 5.41) is 15.1. The van der Waals surface area contributed by atoms with Crippen molar-refractivity contribution in [1.82, 2.24) is 10.4 Å². The van der Waals surface area contributed by atoms with E-state index in [-0.39, 0.29) is 23.1 Å². The van der Waals surface area contributed by atoms with Gasteiger partial charge in [0.1, 0.15) is 0 Å². The van der Waals surface area contributed by atoms with Crippen LogP contribution in [0.15, 0.2) is 51.9 Å². The summed E-state index contributed by atoms with van der Waals surface area (Å²) in [7, 11) is 0. The van der Waals surface area contributed by atoms with Gasteiger partial charge in [-0.05, 0) is 30.7 Å². The van der Waals surface area contributed by atoms with Crippen molar-refractivity contribution in [3.05, 3.63) is 58.1 Å². The van der Waals surface area contributed by atoms with Crippen LogP contribution in [0, 0.1) is 10.1 Å². The molecule has 0 spiro atoms. The van der Waals surface area contributed by atoms with Gasteiger partial charge in [0.15, 0.2) is 10.1 Å². The van der Waals surface area contributed by atoms with Crippen LogP contribution in [0.4, 0.5) is 5.69 Å². The van der Waals surface area contributed by atoms with E-state index in [4.69, 9.17) is 4.74 Å². The van der Waals surface area contributed by atoms with E-state index in [9.17, 15) is 14.9 Å². The maximum atomic E-state index is 12.0. The molecule has 29 heavy (non-hydrogen) atoms. The Labute approximate surface area is 175 Å². The second-order valence-electron chi connectivity index (χ2n) is 5.86. The van der Waals surface area contributed by atoms with E-state index in [1.165, 1.54) is 41.4 Å². The number of nitrogens with zero attached hydrogens (tertiary/aromatic N) is 3. The maximum Gasteiger partial charge on any atom is 0.311 e. The van der Waals surface area contributed by atoms with Crippen molar-refractivity contribution >= 4 is 51.1 Å². The van der Waals surface area contributed by atoms with E-state index in [2.05, 4.69) is 15.5 Å². The number of rotatable bonds is 9. The van der Waals surface area contributed by atoms with E-state index < -0.39 is 4.92 Å². The van der Waals surface area contributed by atoms with Crippen molar-refractivity contribution < 1.29 is 14.5 Å². The number of benzene rings is 2. The normalized spacial score (nSPS) is 11.1. The lowest BCUT2D eigenvalue weighted by atomic mass is 10.2. The molecule has 0 fully saturated rings. The number of nitrogens with one attached hydrogen (secondary N) is 1. The fraction of sp³-hybridized carbons (Fsp3) is 0.211. The highest BCUT2D eigenvalue weighted by molar-refractivity contribution is 8.01. The molecule has 10 heteroatoms. The molecule has 0 atom stereocenters. The molecule has 1 aromatic heterocycles. The van der Waals surface area contributed by atoms with Crippen LogP contribution >= 0.6 is 23.1 Å². The fourth-order valence-electron chi connectivity index (χ4n) is 2.34. The molecule has 0 aliphatic rings. The molecule has 0 radical (unpaired) electrons. The predicted octanol–water partition coefficient (Wildman–Crippen LogP) is 4.24. The van der Waals surface area contributed by atoms with Crippen LogP contribution < -0.4 is 10.2 Å². The number of aromatic nitrogens is 1. The van der Waals surface area contributed by atoms with E-state index in [0.29, 0.717) is 12.2 Å². The molecule has 8 nitrogen and oxygen atoms in total. The summed E-state index contributed by atoms with van der Waals surface area (Å²) in [6.07, 6.45) is 2.11. The minimum Gasteiger partial charge on any atom is -0.487 e. The molecule has 0 aliphatic heterocycles. The number of nitro benzene ring substituents is 1. The summed E-state index contributed by atoms with van der Waals surface area (Å²) >= 11 is 2.86. The highest BCUT2D eigenvalue weighted by Crippen LogP contribution is 2.29. The van der Waals surface area contributed by atoms with E-state index in [0.717, 1.165) is 21.0 Å². The number of nitro groups is 1. The number of ether oxygens (including phenoxy) is 1. The molecule has 1 amide bonds. The van der Waals surface area contributed by atoms with Crippen LogP contribution in [0.2, 0.25) is 0 Å². The van der Waals surface area contributed by atoms with Crippen LogP contribution in [-0.4, -0.2) is 34.4 Å². The molecule has 1 N–H and O–H groups in total. The quantitative estimate of drug-likeness (QED) is 0.236. The monoisotopic (exact) mass is 430 g/mol. The number of fused-ring (bicyclic) bond motifs is 1. The first-order valence-electron chi connectivity index (χ1n) is 8.78. The van der Waals surface area contributed by atoms with Crippen LogP contribution in [0.1, 0.15) is 18.9 Å². The lowest BCUT2D eigenvalue weighted by Crippen LogP contribution is -2.19. The van der Waals surface area contributed by atoms with Gasteiger partial charge in [-0.15, -0.1) is 11.3 Å². The highest BCUT2D eigenvalue weighted by atomic mass is 32.2. The number of thioether (sulfide) groups is 1. The third-order valence-corrected chi connectivity index (χ3v) is 5.82. The summed E-state index contributed by atoms with van der Waals surface area (Å²) in [5.41, 5.74) is 3.67. The first kappa shape index (κ1) is 20.7. The minimum atomic E-state index is -0.504. The molecule has 0 unspecified atom stereocenters. The SMILES string of the molecule is CCCOc1ccc(/C=N\NC(=O)CSc2nc3ccccc3s2)cc1[N+](=O)[O-]. The van der Waals surface area contributed by atoms with Crippen molar-refractivity contribution in [2.45, 2.75) is 17.7 Å². The van der Waals surface area contributed by atoms with Gasteiger partial charge in [0.25, 0.3) is 5.91 Å². The first-order valence-corrected chi connectivity index (χ1v) is 10.6. The second kappa shape index (κ2) is 9.99. The average Bonchev–Trinajstić information content (AvgIpc) is 3.14. The summed E-state index contributed by atoms with van der Waals surface area (Å²) < 4.78 is 7.26. The molecule has 0 saturated heterocycles. The highest BCUT2D eigenvalue weighted by Gasteiger charge is 2.15. The molecule has 1 heterocycles. The molecule has 3 aromatic rings. The summed E-state index contributed by atoms with van der Waals surface area (Å²) in [4.78, 5) is 27.1. The smallest absolute Gasteiger partial charge is 0.311 e. The number of carbonyl (C=O) groups is 1. The molecule has 0 saturated carbocycles. The predicted molar refractivity (Wildman–Crippen MR) is 115 cm³/mol. The van der Waals surface area contributed by atoms with Crippen molar-refractivity contribution in [2.75, 3.05) is 12.4 Å². The first-order chi connectivity index (χ1) is 14.1. The second-order valence-corrected chi connectivity index (χ2v) is 8.12. The van der Waals surface area contributed by atoms with Gasteiger partial charge in [0, 0.05) is 11.6 Å². The number of thiazole rings is 1. The molecule has 0 aliphatic carbocycles. The fourth-order valence-corrected chi connectivity index (χ4v) is 4.20. The molecule has 0 bridgehead atoms. The Bertz CT molecular complexity index is 1020. The lowest BCUT2D eigenvalue weighted by Gasteiger charge is -2.05. The topological polar surface area (TPSA) is 107 Å². The molecule has 150 valence electrons. The van der Waals surface area contributed by atoms with Crippen LogP contribution in [0.5, 0.6) is 5.75 Å². The number of para-hydroxylation sites is 1. The number of hydrazone groups is 1. The largest absolute Gasteiger partial charge is 0.487 e. The van der Waals surface area contributed by atoms with Gasteiger partial charge in [0.05, 0.1) is 33.7 Å². The Morgan fingerprint density at radius 2 is 2.21 bits per heavy atom. The zero-order chi connectivity index (χ0) is 20.6. The van der Waals surface area contributed by atoms with Crippen LogP contribution in [0.3, 0.4) is 0 Å². The zero-order valence-corrected chi connectivity index (χ0v) is 17.2. The maximum absolute atomic E-state index is 12.0. The third kappa shape index (κ3) is 5.75. The summed E-state index contributed by atoms with van der Waals surface area (Å²) in [5.74, 6) is 0.0920. The summed E-state index contributed by atoms with van der Waals surface area (Å²) in [6, 6.07) is 12.3. The van der Waals surface area contributed by atoms with Crippen molar-refractivity contribution in [1.29, 1.82) is 0 Å². The Kier molecular flexibility index (Phi) is 7.14.